The van der Waals surface area contributed by atoms with Crippen molar-refractivity contribution in [3.05, 3.63) is 81.9 Å². The number of benzene rings is 3. The maximum atomic E-state index is 13.0. The van der Waals surface area contributed by atoms with E-state index in [9.17, 15) is 24.9 Å². The number of methoxy groups -OCH3 is 2. The number of aliphatic hydroxyl groups excluding tert-OH is 1. The van der Waals surface area contributed by atoms with Gasteiger partial charge in [-0.3, -0.25) is 9.59 Å². The number of phenols is 2. The van der Waals surface area contributed by atoms with Gasteiger partial charge in [0, 0.05) is 16.7 Å². The summed E-state index contributed by atoms with van der Waals surface area (Å²) in [5.74, 6) is -1.42. The highest BCUT2D eigenvalue weighted by molar-refractivity contribution is 6.30. The third-order valence-electron chi connectivity index (χ3n) is 5.20. The Bertz CT molecular complexity index is 1200. The molecule has 0 aromatic heterocycles. The lowest BCUT2D eigenvalue weighted by Crippen LogP contribution is -2.22. The van der Waals surface area contributed by atoms with E-state index in [0.29, 0.717) is 17.1 Å². The van der Waals surface area contributed by atoms with E-state index in [1.807, 2.05) is 0 Å². The predicted molar refractivity (Wildman–Crippen MR) is 107 cm³/mol. The molecule has 4 rings (SSSR count). The molecule has 0 bridgehead atoms. The molecule has 3 N–H and O–H groups in total. The van der Waals surface area contributed by atoms with E-state index in [0.717, 1.165) is 6.07 Å². The Hall–Kier alpha value is -3.84. The molecule has 0 amide bonds. The SMILES string of the molecule is COc1ccc(C(O)c2cc(O)c3c(c2O)C(=O)c2ccccc2C3=O)cc1OC. The highest BCUT2D eigenvalue weighted by Gasteiger charge is 2.36. The third kappa shape index (κ3) is 2.79. The smallest absolute Gasteiger partial charge is 0.198 e. The van der Waals surface area contributed by atoms with Gasteiger partial charge in [-0.05, 0) is 23.8 Å². The molecule has 1 aliphatic carbocycles. The minimum Gasteiger partial charge on any atom is -0.507 e. The fourth-order valence-electron chi connectivity index (χ4n) is 3.69. The van der Waals surface area contributed by atoms with Crippen LogP contribution in [0.25, 0.3) is 0 Å². The highest BCUT2D eigenvalue weighted by Crippen LogP contribution is 2.43. The summed E-state index contributed by atoms with van der Waals surface area (Å²) in [7, 11) is 2.92. The molecule has 0 radical (unpaired) electrons. The van der Waals surface area contributed by atoms with Gasteiger partial charge < -0.3 is 24.8 Å². The van der Waals surface area contributed by atoms with Crippen molar-refractivity contribution in [3.63, 3.8) is 0 Å². The number of carbonyl (C=O) groups is 2. The Labute approximate surface area is 171 Å². The van der Waals surface area contributed by atoms with Gasteiger partial charge in [0.15, 0.2) is 23.1 Å². The van der Waals surface area contributed by atoms with Gasteiger partial charge in [-0.2, -0.15) is 0 Å². The lowest BCUT2D eigenvalue weighted by atomic mass is 9.81. The van der Waals surface area contributed by atoms with E-state index >= 15 is 0 Å². The quantitative estimate of drug-likeness (QED) is 0.447. The lowest BCUT2D eigenvalue weighted by Gasteiger charge is -2.23. The number of aromatic hydroxyl groups is 2. The number of fused-ring (bicyclic) bond motifs is 2. The Morgan fingerprint density at radius 3 is 2.00 bits per heavy atom. The van der Waals surface area contributed by atoms with Crippen LogP contribution in [0.5, 0.6) is 23.0 Å². The average Bonchev–Trinajstić information content (AvgIpc) is 2.77. The molecule has 1 aliphatic rings. The normalized spacial score (nSPS) is 13.4. The first-order valence-corrected chi connectivity index (χ1v) is 9.06. The Kier molecular flexibility index (Phi) is 4.67. The van der Waals surface area contributed by atoms with Gasteiger partial charge in [0.2, 0.25) is 0 Å². The molecule has 0 saturated carbocycles. The largest absolute Gasteiger partial charge is 0.507 e. The van der Waals surface area contributed by atoms with Crippen molar-refractivity contribution in [3.8, 4) is 23.0 Å². The third-order valence-corrected chi connectivity index (χ3v) is 5.20. The molecule has 3 aromatic rings. The Balaban J connectivity index is 1.87. The maximum absolute atomic E-state index is 13.0. The van der Waals surface area contributed by atoms with E-state index < -0.39 is 29.2 Å². The van der Waals surface area contributed by atoms with Crippen LogP contribution in [0, 0.1) is 0 Å². The van der Waals surface area contributed by atoms with Crippen LogP contribution in [0.4, 0.5) is 0 Å². The minimum atomic E-state index is -1.40. The number of rotatable bonds is 4. The molecule has 1 unspecified atom stereocenters. The summed E-state index contributed by atoms with van der Waals surface area (Å²) >= 11 is 0. The zero-order chi connectivity index (χ0) is 21.6. The van der Waals surface area contributed by atoms with Crippen molar-refractivity contribution in [2.45, 2.75) is 6.10 Å². The number of carbonyl (C=O) groups excluding carboxylic acids is 2. The lowest BCUT2D eigenvalue weighted by molar-refractivity contribution is 0.0973. The second-order valence-corrected chi connectivity index (χ2v) is 6.80. The minimum absolute atomic E-state index is 0.112. The molecule has 152 valence electrons. The van der Waals surface area contributed by atoms with Crippen molar-refractivity contribution < 1.29 is 34.4 Å². The second kappa shape index (κ2) is 7.20. The van der Waals surface area contributed by atoms with Crippen LogP contribution < -0.4 is 9.47 Å². The van der Waals surface area contributed by atoms with Crippen molar-refractivity contribution in [1.29, 1.82) is 0 Å². The van der Waals surface area contributed by atoms with Gasteiger partial charge in [0.05, 0.1) is 25.3 Å². The van der Waals surface area contributed by atoms with Crippen molar-refractivity contribution in [2.75, 3.05) is 14.2 Å². The van der Waals surface area contributed by atoms with Gasteiger partial charge in [-0.15, -0.1) is 0 Å². The van der Waals surface area contributed by atoms with E-state index in [1.54, 1.807) is 24.3 Å². The maximum Gasteiger partial charge on any atom is 0.198 e. The fourth-order valence-corrected chi connectivity index (χ4v) is 3.69. The molecular formula is C23H18O7. The predicted octanol–water partition coefficient (Wildman–Crippen LogP) is 2.97. The summed E-state index contributed by atoms with van der Waals surface area (Å²) in [5.41, 5.74) is -0.107. The van der Waals surface area contributed by atoms with Crippen molar-refractivity contribution in [1.82, 2.24) is 0 Å². The number of phenolic OH excluding ortho intramolecular Hbond substituents is 2. The molecule has 0 aliphatic heterocycles. The summed E-state index contributed by atoms with van der Waals surface area (Å²) in [5, 5.41) is 32.2. The first kappa shape index (κ1) is 19.5. The number of aliphatic hydroxyl groups is 1. The molecule has 0 spiro atoms. The first-order chi connectivity index (χ1) is 14.4. The van der Waals surface area contributed by atoms with Gasteiger partial charge in [-0.1, -0.05) is 30.3 Å². The summed E-state index contributed by atoms with van der Waals surface area (Å²) in [6, 6.07) is 11.9. The van der Waals surface area contributed by atoms with E-state index in [2.05, 4.69) is 0 Å². The van der Waals surface area contributed by atoms with Crippen LogP contribution in [0.15, 0.2) is 48.5 Å². The van der Waals surface area contributed by atoms with Crippen LogP contribution in [0.3, 0.4) is 0 Å². The van der Waals surface area contributed by atoms with Crippen LogP contribution in [0.1, 0.15) is 49.1 Å². The summed E-state index contributed by atoms with van der Waals surface area (Å²) in [6.07, 6.45) is -1.40. The Morgan fingerprint density at radius 2 is 1.40 bits per heavy atom. The van der Waals surface area contributed by atoms with Crippen molar-refractivity contribution in [2.24, 2.45) is 0 Å². The topological polar surface area (TPSA) is 113 Å². The van der Waals surface area contributed by atoms with Gasteiger partial charge in [0.1, 0.15) is 17.6 Å². The second-order valence-electron chi connectivity index (χ2n) is 6.80. The Morgan fingerprint density at radius 1 is 0.800 bits per heavy atom. The molecule has 30 heavy (non-hydrogen) atoms. The molecule has 0 fully saturated rings. The average molecular weight is 406 g/mol. The van der Waals surface area contributed by atoms with Crippen LogP contribution >= 0.6 is 0 Å². The van der Waals surface area contributed by atoms with E-state index in [4.69, 9.17) is 9.47 Å². The van der Waals surface area contributed by atoms with E-state index in [-0.39, 0.29) is 27.8 Å². The van der Waals surface area contributed by atoms with Crippen LogP contribution in [0.2, 0.25) is 0 Å². The standard InChI is InChI=1S/C23H18O7/c1-29-16-8-7-11(9-17(16)30-2)20(25)14-10-15(24)18-19(23(14)28)22(27)13-6-4-3-5-12(13)21(18)26/h3-10,20,24-25,28H,1-2H3. The fraction of sp³-hybridized carbons (Fsp3) is 0.130. The van der Waals surface area contributed by atoms with Crippen molar-refractivity contribution >= 4 is 11.6 Å². The van der Waals surface area contributed by atoms with Crippen LogP contribution in [-0.2, 0) is 0 Å². The molecule has 0 heterocycles. The zero-order valence-electron chi connectivity index (χ0n) is 16.2. The first-order valence-electron chi connectivity index (χ1n) is 9.06. The number of ketones is 2. The molecule has 3 aromatic carbocycles. The molecule has 0 saturated heterocycles. The molecule has 1 atom stereocenters. The van der Waals surface area contributed by atoms with Gasteiger partial charge in [-0.25, -0.2) is 0 Å². The van der Waals surface area contributed by atoms with Crippen LogP contribution in [-0.4, -0.2) is 41.1 Å². The number of hydrogen-bond acceptors (Lipinski definition) is 7. The summed E-state index contributed by atoms with van der Waals surface area (Å²) in [6.45, 7) is 0. The summed E-state index contributed by atoms with van der Waals surface area (Å²) < 4.78 is 10.4. The molecule has 7 nitrogen and oxygen atoms in total. The number of hydrogen-bond donors (Lipinski definition) is 3. The number of ether oxygens (including phenoxy) is 2. The summed E-state index contributed by atoms with van der Waals surface area (Å²) in [4.78, 5) is 25.8. The molecule has 7 heteroatoms. The zero-order valence-corrected chi connectivity index (χ0v) is 16.2. The van der Waals surface area contributed by atoms with Gasteiger partial charge in [0.25, 0.3) is 0 Å². The van der Waals surface area contributed by atoms with Gasteiger partial charge >= 0.3 is 0 Å². The highest BCUT2D eigenvalue weighted by atomic mass is 16.5. The monoisotopic (exact) mass is 406 g/mol. The molecular weight excluding hydrogens is 388 g/mol. The van der Waals surface area contributed by atoms with E-state index in [1.165, 1.54) is 32.4 Å².